The lowest BCUT2D eigenvalue weighted by molar-refractivity contribution is 0.00683. The number of aromatic nitrogens is 2. The zero-order valence-electron chi connectivity index (χ0n) is 21.2. The van der Waals surface area contributed by atoms with Gasteiger partial charge in [0.25, 0.3) is 5.91 Å². The number of likely N-dealkylation sites (tertiary alicyclic amines) is 1. The normalized spacial score (nSPS) is 19.1. The van der Waals surface area contributed by atoms with Crippen LogP contribution in [0.3, 0.4) is 0 Å². The van der Waals surface area contributed by atoms with E-state index in [2.05, 4.69) is 27.1 Å². The van der Waals surface area contributed by atoms with Gasteiger partial charge in [-0.3, -0.25) is 19.7 Å². The summed E-state index contributed by atoms with van der Waals surface area (Å²) >= 11 is 0. The van der Waals surface area contributed by atoms with Crippen molar-refractivity contribution in [2.45, 2.75) is 31.1 Å². The van der Waals surface area contributed by atoms with E-state index in [0.717, 1.165) is 7.11 Å². The molecule has 3 aromatic rings. The number of benzene rings is 2. The highest BCUT2D eigenvalue weighted by Gasteiger charge is 2.46. The summed E-state index contributed by atoms with van der Waals surface area (Å²) < 4.78 is 37.0. The number of nitrogens with zero attached hydrogens (tertiary/aromatic N) is 3. The lowest BCUT2D eigenvalue weighted by Gasteiger charge is -2.43. The number of rotatable bonds is 7. The molecule has 2 amide bonds. The minimum absolute atomic E-state index is 0.0447. The number of nitrogens with one attached hydrogen (secondary N) is 1. The van der Waals surface area contributed by atoms with Gasteiger partial charge < -0.3 is 21.3 Å². The molecule has 2 unspecified atom stereocenters. The van der Waals surface area contributed by atoms with Crippen molar-refractivity contribution in [1.29, 1.82) is 0 Å². The van der Waals surface area contributed by atoms with Crippen LogP contribution in [-0.2, 0) is 16.8 Å². The van der Waals surface area contributed by atoms with E-state index in [1.54, 1.807) is 41.3 Å². The maximum Gasteiger partial charge on any atom is 0.412 e. The Bertz CT molecular complexity index is 1440. The Morgan fingerprint density at radius 1 is 1.28 bits per heavy atom. The minimum Gasteiger partial charge on any atom is -0.504 e. The Morgan fingerprint density at radius 2 is 2.03 bits per heavy atom. The lowest BCUT2D eigenvalue weighted by Crippen LogP contribution is -2.54. The van der Waals surface area contributed by atoms with Crippen molar-refractivity contribution in [2.24, 2.45) is 11.5 Å². The standard InChI is InChI=1S/C27H28F2N6O4/c1-39-26(38)32-25-20(24(31)37)15-35(33-25)27(10-5-12-30)11-13-34(16-21(27)28)14-18-8-9-19(23(36)22(18)29)17-6-3-2-4-7-17/h2-4,6-9,15,21,36H,10-11,13-14,16,30H2,1H3,(H2,31,37)(H,32,33,38). The summed E-state index contributed by atoms with van der Waals surface area (Å²) in [7, 11) is 1.14. The van der Waals surface area contributed by atoms with Crippen LogP contribution in [0.2, 0.25) is 0 Å². The number of phenols is 1. The fraction of sp³-hybridized carbons (Fsp3) is 0.296. The highest BCUT2D eigenvalue weighted by molar-refractivity contribution is 6.00. The first-order valence-electron chi connectivity index (χ1n) is 12.1. The van der Waals surface area contributed by atoms with E-state index in [4.69, 9.17) is 11.5 Å². The summed E-state index contributed by atoms with van der Waals surface area (Å²) in [6, 6.07) is 14.4. The van der Waals surface area contributed by atoms with Gasteiger partial charge in [0, 0.05) is 49.4 Å². The molecule has 1 aliphatic heterocycles. The summed E-state index contributed by atoms with van der Waals surface area (Å²) in [5.41, 5.74) is 10.6. The SMILES string of the molecule is COC(=O)Nc1nn(C2(CC#CN)CCN(Cc3ccc(-c4ccccc4)c(O)c3F)CC2F)cc1C(N)=O. The van der Waals surface area contributed by atoms with Gasteiger partial charge in [-0.15, -0.1) is 0 Å². The molecule has 204 valence electrons. The molecule has 10 nitrogen and oxygen atoms in total. The number of primary amides is 1. The van der Waals surface area contributed by atoms with E-state index in [9.17, 15) is 14.7 Å². The molecule has 2 atom stereocenters. The summed E-state index contributed by atoms with van der Waals surface area (Å²) in [4.78, 5) is 25.4. The second-order valence-electron chi connectivity index (χ2n) is 9.17. The van der Waals surface area contributed by atoms with Gasteiger partial charge in [0.05, 0.1) is 7.11 Å². The Labute approximate surface area is 223 Å². The molecule has 1 aliphatic rings. The molecule has 0 aliphatic carbocycles. The molecular weight excluding hydrogens is 510 g/mol. The average molecular weight is 539 g/mol. The monoisotopic (exact) mass is 538 g/mol. The second kappa shape index (κ2) is 11.4. The smallest absolute Gasteiger partial charge is 0.412 e. The zero-order chi connectivity index (χ0) is 28.2. The molecule has 39 heavy (non-hydrogen) atoms. The van der Waals surface area contributed by atoms with Gasteiger partial charge in [0.2, 0.25) is 0 Å². The van der Waals surface area contributed by atoms with Crippen molar-refractivity contribution in [3.8, 4) is 28.8 Å². The third-order valence-electron chi connectivity index (χ3n) is 6.88. The maximum atomic E-state index is 16.0. The number of halogens is 2. The number of amides is 2. The molecule has 1 aromatic heterocycles. The molecule has 0 saturated carbocycles. The number of aromatic hydroxyl groups is 1. The first-order chi connectivity index (χ1) is 18.7. The number of carbonyl (C=O) groups excluding carboxylic acids is 2. The van der Waals surface area contributed by atoms with Crippen molar-refractivity contribution in [1.82, 2.24) is 14.7 Å². The molecule has 1 saturated heterocycles. The third-order valence-corrected chi connectivity index (χ3v) is 6.88. The Kier molecular flexibility index (Phi) is 8.01. The Morgan fingerprint density at radius 3 is 2.67 bits per heavy atom. The van der Waals surface area contributed by atoms with E-state index in [1.807, 2.05) is 6.07 Å². The fourth-order valence-electron chi connectivity index (χ4n) is 4.72. The third kappa shape index (κ3) is 5.49. The first-order valence-corrected chi connectivity index (χ1v) is 12.1. The minimum atomic E-state index is -1.58. The van der Waals surface area contributed by atoms with E-state index in [1.165, 1.54) is 10.9 Å². The van der Waals surface area contributed by atoms with Crippen LogP contribution in [0.25, 0.3) is 11.1 Å². The van der Waals surface area contributed by atoms with Crippen LogP contribution in [0.15, 0.2) is 48.7 Å². The van der Waals surface area contributed by atoms with E-state index < -0.39 is 35.3 Å². The van der Waals surface area contributed by atoms with Crippen molar-refractivity contribution in [3.05, 3.63) is 65.6 Å². The second-order valence-corrected chi connectivity index (χ2v) is 9.17. The van der Waals surface area contributed by atoms with Crippen molar-refractivity contribution < 1.29 is 28.2 Å². The van der Waals surface area contributed by atoms with Crippen molar-refractivity contribution in [3.63, 3.8) is 0 Å². The molecule has 12 heteroatoms. The van der Waals surface area contributed by atoms with Gasteiger partial charge in [-0.1, -0.05) is 48.4 Å². The molecular formula is C27H28F2N6O4. The number of methoxy groups -OCH3 is 1. The molecule has 4 rings (SSSR count). The number of nitrogens with two attached hydrogens (primary N) is 2. The van der Waals surface area contributed by atoms with Crippen molar-refractivity contribution in [2.75, 3.05) is 25.5 Å². The number of carbonyl (C=O) groups is 2. The highest BCUT2D eigenvalue weighted by Crippen LogP contribution is 2.38. The predicted molar refractivity (Wildman–Crippen MR) is 140 cm³/mol. The lowest BCUT2D eigenvalue weighted by atomic mass is 9.82. The number of piperidine rings is 1. The summed E-state index contributed by atoms with van der Waals surface area (Å²) in [5, 5.41) is 17.1. The molecule has 0 bridgehead atoms. The fourth-order valence-corrected chi connectivity index (χ4v) is 4.72. The number of hydrogen-bond donors (Lipinski definition) is 4. The number of anilines is 1. The largest absolute Gasteiger partial charge is 0.504 e. The van der Waals surface area contributed by atoms with Gasteiger partial charge >= 0.3 is 6.09 Å². The molecule has 6 N–H and O–H groups in total. The Hall–Kier alpha value is -4.63. The van der Waals surface area contributed by atoms with Crippen LogP contribution in [0.4, 0.5) is 19.4 Å². The van der Waals surface area contributed by atoms with Crippen LogP contribution < -0.4 is 16.8 Å². The van der Waals surface area contributed by atoms with E-state index >= 15 is 8.78 Å². The number of alkyl halides is 1. The summed E-state index contributed by atoms with van der Waals surface area (Å²) in [6.07, 6.45) is -1.09. The number of ether oxygens (including phenoxy) is 1. The van der Waals surface area contributed by atoms with Gasteiger partial charge in [-0.2, -0.15) is 5.10 Å². The average Bonchev–Trinajstić information content (AvgIpc) is 3.36. The van der Waals surface area contributed by atoms with Gasteiger partial charge in [0.1, 0.15) is 17.3 Å². The zero-order valence-corrected chi connectivity index (χ0v) is 21.2. The van der Waals surface area contributed by atoms with Gasteiger partial charge in [0.15, 0.2) is 17.4 Å². The summed E-state index contributed by atoms with van der Waals surface area (Å²) in [5.74, 6) is 0.387. The topological polar surface area (TPSA) is 149 Å². The van der Waals surface area contributed by atoms with Gasteiger partial charge in [-0.05, 0) is 12.0 Å². The molecule has 0 radical (unpaired) electrons. The van der Waals surface area contributed by atoms with Crippen LogP contribution >= 0.6 is 0 Å². The van der Waals surface area contributed by atoms with E-state index in [0.29, 0.717) is 17.7 Å². The first kappa shape index (κ1) is 27.4. The Balaban J connectivity index is 1.59. The van der Waals surface area contributed by atoms with Gasteiger partial charge in [-0.25, -0.2) is 13.6 Å². The molecule has 2 aromatic carbocycles. The van der Waals surface area contributed by atoms with Crippen LogP contribution in [0.5, 0.6) is 5.75 Å². The van der Waals surface area contributed by atoms with Crippen LogP contribution in [0.1, 0.15) is 28.8 Å². The maximum absolute atomic E-state index is 16.0. The highest BCUT2D eigenvalue weighted by atomic mass is 19.1. The van der Waals surface area contributed by atoms with Crippen molar-refractivity contribution >= 4 is 17.8 Å². The molecule has 1 fully saturated rings. The molecule has 2 heterocycles. The van der Waals surface area contributed by atoms with Crippen LogP contribution in [-0.4, -0.2) is 58.2 Å². The summed E-state index contributed by atoms with van der Waals surface area (Å²) in [6.45, 7) is 0.228. The van der Waals surface area contributed by atoms with E-state index in [-0.39, 0.29) is 42.9 Å². The number of hydrogen-bond acceptors (Lipinski definition) is 7. The van der Waals surface area contributed by atoms with Crippen LogP contribution in [0, 0.1) is 17.8 Å². The quantitative estimate of drug-likeness (QED) is 0.267. The number of phenolic OH excluding ortho intramolecular Hbond substituents is 1. The molecule has 0 spiro atoms. The predicted octanol–water partition coefficient (Wildman–Crippen LogP) is 2.92.